The summed E-state index contributed by atoms with van der Waals surface area (Å²) in [5, 5.41) is 0. The summed E-state index contributed by atoms with van der Waals surface area (Å²) in [7, 11) is -1.03. The topological polar surface area (TPSA) is 0 Å². The summed E-state index contributed by atoms with van der Waals surface area (Å²) < 4.78 is 0. The zero-order valence-electron chi connectivity index (χ0n) is 14.4. The van der Waals surface area contributed by atoms with E-state index in [1.807, 2.05) is 0 Å². The number of allylic oxidation sites excluding steroid dienone is 3. The summed E-state index contributed by atoms with van der Waals surface area (Å²) in [6.07, 6.45) is 18.9. The van der Waals surface area contributed by atoms with E-state index in [4.69, 9.17) is 0 Å². The molecule has 1 heteroatoms. The highest BCUT2D eigenvalue weighted by molar-refractivity contribution is 6.81. The number of unbranched alkanes of at least 4 members (excludes halogenated alkanes) is 6. The molecule has 0 aromatic carbocycles. The lowest BCUT2D eigenvalue weighted by molar-refractivity contribution is 0.610. The molecule has 0 N–H and O–H groups in total. The van der Waals surface area contributed by atoms with Gasteiger partial charge in [0.1, 0.15) is 0 Å². The molecule has 0 nitrogen and oxygen atoms in total. The Kier molecular flexibility index (Phi) is 8.52. The highest BCUT2D eigenvalue weighted by Crippen LogP contribution is 2.33. The average molecular weight is 293 g/mol. The largest absolute Gasteiger partial charge is 0.0952 e. The Morgan fingerprint density at radius 1 is 1.05 bits per heavy atom. The minimum Gasteiger partial charge on any atom is -0.0952 e. The van der Waals surface area contributed by atoms with E-state index >= 15 is 0 Å². The summed E-state index contributed by atoms with van der Waals surface area (Å²) in [5.41, 5.74) is 4.41. The predicted molar refractivity (Wildman–Crippen MR) is 95.9 cm³/mol. The molecule has 1 rings (SSSR count). The third kappa shape index (κ3) is 8.09. The van der Waals surface area contributed by atoms with E-state index in [1.54, 1.807) is 5.57 Å². The molecule has 0 unspecified atom stereocenters. The molecular formula is C19H36Si. The number of hydrogen-bond acceptors (Lipinski definition) is 0. The molecular weight excluding hydrogens is 256 g/mol. The second-order valence-electron chi connectivity index (χ2n) is 7.57. The van der Waals surface area contributed by atoms with Gasteiger partial charge in [0.05, 0.1) is 8.07 Å². The summed E-state index contributed by atoms with van der Waals surface area (Å²) >= 11 is 0. The Morgan fingerprint density at radius 3 is 2.45 bits per heavy atom. The second-order valence-corrected chi connectivity index (χ2v) is 12.6. The van der Waals surface area contributed by atoms with Gasteiger partial charge in [-0.2, -0.15) is 0 Å². The fraction of sp³-hybridized carbons (Fsp3) is 0.789. The second kappa shape index (κ2) is 9.60. The van der Waals surface area contributed by atoms with Gasteiger partial charge in [-0.3, -0.25) is 0 Å². The molecule has 20 heavy (non-hydrogen) atoms. The SMILES string of the molecule is CCCCCCCC/C=C\[C@@H]1CCC/C1=C\[Si](C)(C)C. The van der Waals surface area contributed by atoms with Crippen LogP contribution in [0.25, 0.3) is 0 Å². The van der Waals surface area contributed by atoms with Crippen LogP contribution in [-0.4, -0.2) is 8.07 Å². The van der Waals surface area contributed by atoms with E-state index in [9.17, 15) is 0 Å². The van der Waals surface area contributed by atoms with Gasteiger partial charge in [0, 0.05) is 0 Å². The standard InChI is InChI=1S/C19H36Si/c1-5-6-7-8-9-10-11-12-14-18-15-13-16-19(18)17-20(2,3)4/h12,14,17-18H,5-11,13,15-16H2,1-4H3/b14-12-,19-17+/t18-/m1/s1. The normalized spacial score (nSPS) is 22.2. The Hall–Kier alpha value is -0.303. The zero-order valence-corrected chi connectivity index (χ0v) is 15.4. The van der Waals surface area contributed by atoms with Crippen molar-refractivity contribution in [3.8, 4) is 0 Å². The van der Waals surface area contributed by atoms with Crippen LogP contribution in [0.2, 0.25) is 19.6 Å². The molecule has 1 fully saturated rings. The minimum atomic E-state index is -1.03. The predicted octanol–water partition coefficient (Wildman–Crippen LogP) is 6.90. The lowest BCUT2D eigenvalue weighted by Crippen LogP contribution is -2.17. The molecule has 116 valence electrons. The van der Waals surface area contributed by atoms with Crippen molar-refractivity contribution < 1.29 is 0 Å². The molecule has 1 saturated carbocycles. The lowest BCUT2D eigenvalue weighted by atomic mass is 10.0. The molecule has 1 aliphatic rings. The van der Waals surface area contributed by atoms with Crippen molar-refractivity contribution in [3.63, 3.8) is 0 Å². The maximum atomic E-state index is 2.65. The summed E-state index contributed by atoms with van der Waals surface area (Å²) in [6.45, 7) is 9.65. The first kappa shape index (κ1) is 17.7. The van der Waals surface area contributed by atoms with Crippen molar-refractivity contribution in [2.24, 2.45) is 5.92 Å². The van der Waals surface area contributed by atoms with Crippen LogP contribution in [0.15, 0.2) is 23.4 Å². The maximum Gasteiger partial charge on any atom is 0.0686 e. The zero-order chi connectivity index (χ0) is 14.8. The van der Waals surface area contributed by atoms with Gasteiger partial charge < -0.3 is 0 Å². The molecule has 0 amide bonds. The van der Waals surface area contributed by atoms with Gasteiger partial charge in [0.2, 0.25) is 0 Å². The summed E-state index contributed by atoms with van der Waals surface area (Å²) in [4.78, 5) is 0. The van der Waals surface area contributed by atoms with E-state index in [-0.39, 0.29) is 0 Å². The number of rotatable bonds is 9. The molecule has 0 radical (unpaired) electrons. The van der Waals surface area contributed by atoms with Gasteiger partial charge in [-0.15, -0.1) is 0 Å². The smallest absolute Gasteiger partial charge is 0.0686 e. The maximum absolute atomic E-state index is 2.65. The van der Waals surface area contributed by atoms with Crippen molar-refractivity contribution in [3.05, 3.63) is 23.4 Å². The molecule has 0 aliphatic heterocycles. The quantitative estimate of drug-likeness (QED) is 0.246. The summed E-state index contributed by atoms with van der Waals surface area (Å²) in [5.74, 6) is 0.779. The van der Waals surface area contributed by atoms with Crippen LogP contribution in [0, 0.1) is 5.92 Å². The van der Waals surface area contributed by atoms with Crippen LogP contribution in [0.5, 0.6) is 0 Å². The van der Waals surface area contributed by atoms with Gasteiger partial charge >= 0.3 is 0 Å². The van der Waals surface area contributed by atoms with E-state index in [1.165, 1.54) is 64.2 Å². The van der Waals surface area contributed by atoms with Crippen LogP contribution in [0.1, 0.15) is 71.1 Å². The van der Waals surface area contributed by atoms with E-state index in [0.717, 1.165) is 5.92 Å². The third-order valence-electron chi connectivity index (χ3n) is 4.17. The van der Waals surface area contributed by atoms with Crippen LogP contribution in [-0.2, 0) is 0 Å². The van der Waals surface area contributed by atoms with Crippen LogP contribution in [0.3, 0.4) is 0 Å². The third-order valence-corrected chi connectivity index (χ3v) is 5.40. The average Bonchev–Trinajstić information content (AvgIpc) is 2.78. The molecule has 1 aliphatic carbocycles. The van der Waals surface area contributed by atoms with E-state index in [2.05, 4.69) is 44.4 Å². The Balaban J connectivity index is 2.22. The van der Waals surface area contributed by atoms with Crippen LogP contribution < -0.4 is 0 Å². The monoisotopic (exact) mass is 292 g/mol. The first-order chi connectivity index (χ1) is 9.53. The fourth-order valence-corrected chi connectivity index (χ4v) is 4.63. The fourth-order valence-electron chi connectivity index (χ4n) is 3.16. The molecule has 0 bridgehead atoms. The van der Waals surface area contributed by atoms with Crippen LogP contribution >= 0.6 is 0 Å². The minimum absolute atomic E-state index is 0.779. The van der Waals surface area contributed by atoms with Gasteiger partial charge in [0.15, 0.2) is 0 Å². The summed E-state index contributed by atoms with van der Waals surface area (Å²) in [6, 6.07) is 0. The molecule has 0 aromatic heterocycles. The van der Waals surface area contributed by atoms with Crippen LogP contribution in [0.4, 0.5) is 0 Å². The van der Waals surface area contributed by atoms with Crippen molar-refractivity contribution in [1.29, 1.82) is 0 Å². The Morgan fingerprint density at radius 2 is 1.75 bits per heavy atom. The molecule has 0 aromatic rings. The molecule has 0 spiro atoms. The van der Waals surface area contributed by atoms with Crippen molar-refractivity contribution in [2.45, 2.75) is 90.8 Å². The van der Waals surface area contributed by atoms with E-state index < -0.39 is 8.07 Å². The van der Waals surface area contributed by atoms with Gasteiger partial charge in [-0.1, -0.05) is 82.1 Å². The van der Waals surface area contributed by atoms with Gasteiger partial charge in [0.25, 0.3) is 0 Å². The van der Waals surface area contributed by atoms with Crippen molar-refractivity contribution in [2.75, 3.05) is 0 Å². The molecule has 0 heterocycles. The first-order valence-electron chi connectivity index (χ1n) is 8.91. The van der Waals surface area contributed by atoms with Crippen molar-refractivity contribution in [1.82, 2.24) is 0 Å². The van der Waals surface area contributed by atoms with Gasteiger partial charge in [-0.05, 0) is 38.0 Å². The van der Waals surface area contributed by atoms with Crippen molar-refractivity contribution >= 4 is 8.07 Å². The highest BCUT2D eigenvalue weighted by Gasteiger charge is 2.21. The Bertz CT molecular complexity index is 306. The van der Waals surface area contributed by atoms with E-state index in [0.29, 0.717) is 0 Å². The highest BCUT2D eigenvalue weighted by atomic mass is 28.3. The lowest BCUT2D eigenvalue weighted by Gasteiger charge is -2.14. The number of hydrogen-bond donors (Lipinski definition) is 0. The van der Waals surface area contributed by atoms with Gasteiger partial charge in [-0.25, -0.2) is 0 Å². The molecule has 1 atom stereocenters. The molecule has 0 saturated heterocycles. The Labute approximate surface area is 128 Å². The first-order valence-corrected chi connectivity index (χ1v) is 12.5.